The Balaban J connectivity index is 1.40. The second kappa shape index (κ2) is 9.85. The van der Waals surface area contributed by atoms with Crippen molar-refractivity contribution >= 4 is 28.4 Å². The fourth-order valence-electron chi connectivity index (χ4n) is 4.25. The standard InChI is InChI=1S/C25H31N5O2/c1-4-32-21-14-9-17-7-5-6-8-20(17)23(21)24(31)27-18-10-12-19(13-11-18)28-25-26-16-15-22(29-25)30(2)3/h5-9,14-16,18-19H,4,10-13H2,1-3H3,(H,27,31)(H,26,28,29)/t18-,19+. The lowest BCUT2D eigenvalue weighted by atomic mass is 9.91. The summed E-state index contributed by atoms with van der Waals surface area (Å²) < 4.78 is 5.78. The van der Waals surface area contributed by atoms with Gasteiger partial charge in [-0.05, 0) is 55.5 Å². The van der Waals surface area contributed by atoms with Crippen molar-refractivity contribution < 1.29 is 9.53 Å². The average molecular weight is 434 g/mol. The van der Waals surface area contributed by atoms with Gasteiger partial charge in [-0.2, -0.15) is 4.98 Å². The Hall–Kier alpha value is -3.35. The van der Waals surface area contributed by atoms with Crippen molar-refractivity contribution in [1.29, 1.82) is 0 Å². The van der Waals surface area contributed by atoms with Gasteiger partial charge >= 0.3 is 0 Å². The highest BCUT2D eigenvalue weighted by Crippen LogP contribution is 2.29. The second-order valence-electron chi connectivity index (χ2n) is 8.39. The van der Waals surface area contributed by atoms with Gasteiger partial charge in [-0.15, -0.1) is 0 Å². The minimum absolute atomic E-state index is 0.0660. The van der Waals surface area contributed by atoms with Crippen LogP contribution in [-0.4, -0.2) is 48.7 Å². The zero-order valence-corrected chi connectivity index (χ0v) is 19.0. The highest BCUT2D eigenvalue weighted by molar-refractivity contribution is 6.09. The fraction of sp³-hybridized carbons (Fsp3) is 0.400. The summed E-state index contributed by atoms with van der Waals surface area (Å²) in [6.45, 7) is 2.45. The van der Waals surface area contributed by atoms with Crippen molar-refractivity contribution in [3.8, 4) is 5.75 Å². The van der Waals surface area contributed by atoms with Crippen LogP contribution in [0.15, 0.2) is 48.7 Å². The quantitative estimate of drug-likeness (QED) is 0.580. The Kier molecular flexibility index (Phi) is 6.73. The van der Waals surface area contributed by atoms with Gasteiger partial charge < -0.3 is 20.3 Å². The first-order valence-corrected chi connectivity index (χ1v) is 11.3. The number of benzene rings is 2. The fourth-order valence-corrected chi connectivity index (χ4v) is 4.25. The molecule has 7 nitrogen and oxygen atoms in total. The van der Waals surface area contributed by atoms with Crippen LogP contribution in [0, 0.1) is 0 Å². The number of anilines is 2. The summed E-state index contributed by atoms with van der Waals surface area (Å²) in [5.41, 5.74) is 0.624. The molecule has 2 aromatic carbocycles. The highest BCUT2D eigenvalue weighted by atomic mass is 16.5. The Morgan fingerprint density at radius 1 is 1.06 bits per heavy atom. The molecule has 7 heteroatoms. The Bertz CT molecular complexity index is 1080. The van der Waals surface area contributed by atoms with Crippen LogP contribution in [0.1, 0.15) is 43.0 Å². The first-order chi connectivity index (χ1) is 15.5. The summed E-state index contributed by atoms with van der Waals surface area (Å²) in [6, 6.07) is 14.2. The van der Waals surface area contributed by atoms with Gasteiger partial charge in [-0.25, -0.2) is 4.98 Å². The number of hydrogen-bond acceptors (Lipinski definition) is 6. The van der Waals surface area contributed by atoms with E-state index < -0.39 is 0 Å². The maximum atomic E-state index is 13.3. The van der Waals surface area contributed by atoms with E-state index >= 15 is 0 Å². The summed E-state index contributed by atoms with van der Waals surface area (Å²) in [4.78, 5) is 24.1. The molecule has 1 aromatic heterocycles. The molecule has 1 amide bonds. The molecule has 1 fully saturated rings. The van der Waals surface area contributed by atoms with Crippen molar-refractivity contribution in [1.82, 2.24) is 15.3 Å². The van der Waals surface area contributed by atoms with Gasteiger partial charge in [0.2, 0.25) is 5.95 Å². The second-order valence-corrected chi connectivity index (χ2v) is 8.39. The molecule has 1 aliphatic carbocycles. The van der Waals surface area contributed by atoms with Gasteiger partial charge in [0.15, 0.2) is 0 Å². The van der Waals surface area contributed by atoms with Crippen LogP contribution in [-0.2, 0) is 0 Å². The van der Waals surface area contributed by atoms with Crippen molar-refractivity contribution in [2.45, 2.75) is 44.7 Å². The van der Waals surface area contributed by atoms with Crippen LogP contribution in [0.4, 0.5) is 11.8 Å². The van der Waals surface area contributed by atoms with Gasteiger partial charge in [0.25, 0.3) is 5.91 Å². The van der Waals surface area contributed by atoms with Crippen molar-refractivity contribution in [2.24, 2.45) is 0 Å². The molecule has 1 saturated carbocycles. The number of carbonyl (C=O) groups is 1. The van der Waals surface area contributed by atoms with Crippen molar-refractivity contribution in [3.05, 3.63) is 54.2 Å². The summed E-state index contributed by atoms with van der Waals surface area (Å²) in [7, 11) is 3.93. The smallest absolute Gasteiger partial charge is 0.255 e. The van der Waals surface area contributed by atoms with E-state index in [1.54, 1.807) is 6.20 Å². The van der Waals surface area contributed by atoms with Crippen molar-refractivity contribution in [3.63, 3.8) is 0 Å². The number of carbonyl (C=O) groups excluding carboxylic acids is 1. The molecule has 32 heavy (non-hydrogen) atoms. The average Bonchev–Trinajstić information content (AvgIpc) is 2.80. The summed E-state index contributed by atoms with van der Waals surface area (Å²) in [6.07, 6.45) is 5.50. The maximum Gasteiger partial charge on any atom is 0.255 e. The number of hydrogen-bond donors (Lipinski definition) is 2. The number of aromatic nitrogens is 2. The molecule has 0 radical (unpaired) electrons. The monoisotopic (exact) mass is 433 g/mol. The van der Waals surface area contributed by atoms with E-state index in [1.165, 1.54) is 0 Å². The van der Waals surface area contributed by atoms with Crippen LogP contribution in [0.3, 0.4) is 0 Å². The zero-order chi connectivity index (χ0) is 22.5. The number of rotatable bonds is 7. The summed E-state index contributed by atoms with van der Waals surface area (Å²) in [5.74, 6) is 2.10. The summed E-state index contributed by atoms with van der Waals surface area (Å²) in [5, 5.41) is 8.66. The van der Waals surface area contributed by atoms with Crippen LogP contribution >= 0.6 is 0 Å². The van der Waals surface area contributed by atoms with Gasteiger partial charge in [-0.3, -0.25) is 4.79 Å². The third-order valence-corrected chi connectivity index (χ3v) is 5.91. The van der Waals surface area contributed by atoms with Gasteiger partial charge in [0.1, 0.15) is 11.6 Å². The van der Waals surface area contributed by atoms with E-state index in [0.717, 1.165) is 42.3 Å². The van der Waals surface area contributed by atoms with Crippen molar-refractivity contribution in [2.75, 3.05) is 30.9 Å². The minimum atomic E-state index is -0.0660. The van der Waals surface area contributed by atoms with Gasteiger partial charge in [-0.1, -0.05) is 30.3 Å². The van der Waals surface area contributed by atoms with E-state index in [2.05, 4.69) is 20.6 Å². The summed E-state index contributed by atoms with van der Waals surface area (Å²) >= 11 is 0. The first-order valence-electron chi connectivity index (χ1n) is 11.3. The molecule has 1 heterocycles. The molecule has 0 spiro atoms. The predicted octanol–water partition coefficient (Wildman–Crippen LogP) is 4.25. The van der Waals surface area contributed by atoms with E-state index in [1.807, 2.05) is 68.4 Å². The molecule has 3 aromatic rings. The number of fused-ring (bicyclic) bond motifs is 1. The molecule has 1 aliphatic rings. The molecular weight excluding hydrogens is 402 g/mol. The largest absolute Gasteiger partial charge is 0.493 e. The molecule has 4 rings (SSSR count). The molecule has 0 bridgehead atoms. The Morgan fingerprint density at radius 2 is 1.81 bits per heavy atom. The third kappa shape index (κ3) is 4.93. The normalized spacial score (nSPS) is 18.2. The lowest BCUT2D eigenvalue weighted by Gasteiger charge is -2.30. The molecule has 2 N–H and O–H groups in total. The minimum Gasteiger partial charge on any atom is -0.493 e. The SMILES string of the molecule is CCOc1ccc2ccccc2c1C(=O)N[C@H]1CC[C@@H](Nc2nccc(N(C)C)n2)CC1. The van der Waals surface area contributed by atoms with Crippen LogP contribution in [0.5, 0.6) is 5.75 Å². The lowest BCUT2D eigenvalue weighted by Crippen LogP contribution is -2.40. The third-order valence-electron chi connectivity index (χ3n) is 5.91. The van der Waals surface area contributed by atoms with E-state index in [9.17, 15) is 4.79 Å². The van der Waals surface area contributed by atoms with E-state index in [-0.39, 0.29) is 11.9 Å². The molecule has 0 unspecified atom stereocenters. The van der Waals surface area contributed by atoms with Crippen LogP contribution in [0.2, 0.25) is 0 Å². The first kappa shape index (κ1) is 21.9. The highest BCUT2D eigenvalue weighted by Gasteiger charge is 2.25. The lowest BCUT2D eigenvalue weighted by molar-refractivity contribution is 0.0924. The van der Waals surface area contributed by atoms with Gasteiger partial charge in [0.05, 0.1) is 12.2 Å². The molecule has 0 aliphatic heterocycles. The predicted molar refractivity (Wildman–Crippen MR) is 129 cm³/mol. The van der Waals surface area contributed by atoms with E-state index in [0.29, 0.717) is 29.9 Å². The van der Waals surface area contributed by atoms with Crippen LogP contribution < -0.4 is 20.3 Å². The Labute approximate surface area is 189 Å². The number of amides is 1. The number of ether oxygens (including phenoxy) is 1. The number of nitrogens with zero attached hydrogens (tertiary/aromatic N) is 3. The zero-order valence-electron chi connectivity index (χ0n) is 19.0. The molecule has 168 valence electrons. The molecular formula is C25H31N5O2. The van der Waals surface area contributed by atoms with E-state index in [4.69, 9.17) is 4.74 Å². The number of nitrogens with one attached hydrogen (secondary N) is 2. The van der Waals surface area contributed by atoms with Gasteiger partial charge in [0, 0.05) is 32.4 Å². The maximum absolute atomic E-state index is 13.3. The van der Waals surface area contributed by atoms with Crippen LogP contribution in [0.25, 0.3) is 10.8 Å². The molecule has 0 saturated heterocycles. The Morgan fingerprint density at radius 3 is 2.56 bits per heavy atom. The topological polar surface area (TPSA) is 79.4 Å². The molecule has 0 atom stereocenters.